The van der Waals surface area contributed by atoms with Gasteiger partial charge in [-0.15, -0.1) is 11.3 Å². The van der Waals surface area contributed by atoms with E-state index in [1.807, 2.05) is 30.1 Å². The third-order valence-corrected chi connectivity index (χ3v) is 4.15. The fourth-order valence-electron chi connectivity index (χ4n) is 1.85. The topological polar surface area (TPSA) is 55.9 Å². The number of thiophene rings is 1. The third kappa shape index (κ3) is 2.69. The molecule has 17 heavy (non-hydrogen) atoms. The van der Waals surface area contributed by atoms with Crippen LogP contribution >= 0.6 is 22.9 Å². The van der Waals surface area contributed by atoms with E-state index >= 15 is 0 Å². The summed E-state index contributed by atoms with van der Waals surface area (Å²) in [5, 5.41) is 7.05. The molecule has 6 heteroatoms. The minimum Gasteiger partial charge on any atom is -0.272 e. The summed E-state index contributed by atoms with van der Waals surface area (Å²) in [6.45, 7) is 1.98. The first-order valence-corrected chi connectivity index (χ1v) is 6.56. The van der Waals surface area contributed by atoms with Crippen LogP contribution in [0.5, 0.6) is 0 Å². The van der Waals surface area contributed by atoms with Gasteiger partial charge in [0.15, 0.2) is 0 Å². The molecule has 2 aromatic rings. The second-order valence-electron chi connectivity index (χ2n) is 3.96. The molecular weight excluding hydrogens is 256 g/mol. The maximum absolute atomic E-state index is 6.12. The number of nitrogens with two attached hydrogens (primary N) is 1. The number of nitrogens with zero attached hydrogens (tertiary/aromatic N) is 2. The lowest BCUT2D eigenvalue weighted by atomic mass is 10.1. The summed E-state index contributed by atoms with van der Waals surface area (Å²) in [6, 6.07) is 3.98. The number of nitrogens with one attached hydrogen (secondary N) is 1. The molecule has 1 atom stereocenters. The van der Waals surface area contributed by atoms with E-state index in [-0.39, 0.29) is 6.04 Å². The first-order valence-electron chi connectivity index (χ1n) is 5.30. The van der Waals surface area contributed by atoms with Crippen molar-refractivity contribution < 1.29 is 0 Å². The quantitative estimate of drug-likeness (QED) is 0.661. The van der Waals surface area contributed by atoms with Crippen molar-refractivity contribution in [2.24, 2.45) is 12.9 Å². The van der Waals surface area contributed by atoms with Crippen molar-refractivity contribution in [1.82, 2.24) is 15.2 Å². The van der Waals surface area contributed by atoms with Gasteiger partial charge in [-0.3, -0.25) is 16.0 Å². The van der Waals surface area contributed by atoms with Gasteiger partial charge in [-0.2, -0.15) is 5.10 Å². The molecule has 0 aliphatic heterocycles. The highest BCUT2D eigenvalue weighted by molar-refractivity contribution is 7.10. The average molecular weight is 271 g/mol. The molecule has 92 valence electrons. The van der Waals surface area contributed by atoms with Crippen LogP contribution < -0.4 is 11.3 Å². The van der Waals surface area contributed by atoms with Gasteiger partial charge in [-0.1, -0.05) is 11.6 Å². The van der Waals surface area contributed by atoms with Gasteiger partial charge in [-0.25, -0.2) is 0 Å². The molecule has 2 rings (SSSR count). The molecule has 0 radical (unpaired) electrons. The Morgan fingerprint density at radius 3 is 2.88 bits per heavy atom. The molecular formula is C11H15ClN4S. The molecule has 2 aromatic heterocycles. The van der Waals surface area contributed by atoms with E-state index in [4.69, 9.17) is 17.4 Å². The lowest BCUT2D eigenvalue weighted by Crippen LogP contribution is -2.29. The van der Waals surface area contributed by atoms with Gasteiger partial charge in [0.25, 0.3) is 0 Å². The smallest absolute Gasteiger partial charge is 0.0623 e. The van der Waals surface area contributed by atoms with E-state index in [2.05, 4.69) is 16.6 Å². The fourth-order valence-corrected chi connectivity index (χ4v) is 3.10. The first-order chi connectivity index (χ1) is 8.11. The Hall–Kier alpha value is -0.880. The number of hydrogen-bond acceptors (Lipinski definition) is 4. The van der Waals surface area contributed by atoms with Crippen molar-refractivity contribution in [3.63, 3.8) is 0 Å². The number of halogens is 1. The molecule has 0 aliphatic rings. The monoisotopic (exact) mass is 270 g/mol. The first kappa shape index (κ1) is 12.6. The Bertz CT molecular complexity index is 505. The van der Waals surface area contributed by atoms with Gasteiger partial charge in [0.2, 0.25) is 0 Å². The Kier molecular flexibility index (Phi) is 3.83. The summed E-state index contributed by atoms with van der Waals surface area (Å²) in [4.78, 5) is 1.06. The number of hydrazine groups is 1. The summed E-state index contributed by atoms with van der Waals surface area (Å²) < 4.78 is 1.88. The van der Waals surface area contributed by atoms with Crippen LogP contribution in [-0.2, 0) is 13.5 Å². The van der Waals surface area contributed by atoms with Crippen LogP contribution in [0.3, 0.4) is 0 Å². The van der Waals surface area contributed by atoms with Gasteiger partial charge in [-0.05, 0) is 24.4 Å². The Balaban J connectivity index is 2.21. The normalized spacial score (nSPS) is 12.9. The Morgan fingerprint density at radius 2 is 2.41 bits per heavy atom. The van der Waals surface area contributed by atoms with Crippen molar-refractivity contribution in [2.75, 3.05) is 0 Å². The summed E-state index contributed by atoms with van der Waals surface area (Å²) in [7, 11) is 1.94. The van der Waals surface area contributed by atoms with E-state index in [0.29, 0.717) is 0 Å². The number of aromatic nitrogens is 2. The number of hydrogen-bond donors (Lipinski definition) is 2. The highest BCUT2D eigenvalue weighted by Crippen LogP contribution is 2.30. The molecule has 1 unspecified atom stereocenters. The van der Waals surface area contributed by atoms with Crippen LogP contribution in [0, 0.1) is 6.92 Å². The lowest BCUT2D eigenvalue weighted by molar-refractivity contribution is 0.537. The largest absolute Gasteiger partial charge is 0.272 e. The maximum atomic E-state index is 6.12. The van der Waals surface area contributed by atoms with Crippen LogP contribution in [0.1, 0.15) is 22.3 Å². The second-order valence-corrected chi connectivity index (χ2v) is 5.31. The highest BCUT2D eigenvalue weighted by Gasteiger charge is 2.17. The molecule has 0 spiro atoms. The van der Waals surface area contributed by atoms with Crippen LogP contribution in [-0.4, -0.2) is 9.78 Å². The molecule has 0 fully saturated rings. The second kappa shape index (κ2) is 5.18. The van der Waals surface area contributed by atoms with E-state index in [0.717, 1.165) is 27.7 Å². The Morgan fingerprint density at radius 1 is 1.65 bits per heavy atom. The molecule has 3 N–H and O–H groups in total. The molecule has 0 aliphatic carbocycles. The zero-order valence-corrected chi connectivity index (χ0v) is 11.3. The van der Waals surface area contributed by atoms with Gasteiger partial charge in [0.05, 0.1) is 16.8 Å². The standard InChI is InChI=1S/C11H15ClN4S/c1-7-5-8(16(2)15-7)6-10(14-13)11-9(12)3-4-17-11/h3-5,10,14H,6,13H2,1-2H3. The minimum absolute atomic E-state index is 0.0253. The van der Waals surface area contributed by atoms with E-state index in [9.17, 15) is 0 Å². The van der Waals surface area contributed by atoms with Crippen molar-refractivity contribution in [3.05, 3.63) is 38.8 Å². The minimum atomic E-state index is 0.0253. The highest BCUT2D eigenvalue weighted by atomic mass is 35.5. The summed E-state index contributed by atoms with van der Waals surface area (Å²) in [6.07, 6.45) is 0.772. The summed E-state index contributed by atoms with van der Waals surface area (Å²) in [5.41, 5.74) is 4.96. The van der Waals surface area contributed by atoms with Crippen molar-refractivity contribution in [2.45, 2.75) is 19.4 Å². The van der Waals surface area contributed by atoms with E-state index < -0.39 is 0 Å². The van der Waals surface area contributed by atoms with Crippen molar-refractivity contribution >= 4 is 22.9 Å². The van der Waals surface area contributed by atoms with Crippen LogP contribution in [0.4, 0.5) is 0 Å². The van der Waals surface area contributed by atoms with E-state index in [1.54, 1.807) is 11.3 Å². The van der Waals surface area contributed by atoms with Crippen LogP contribution in [0.2, 0.25) is 5.02 Å². The zero-order valence-electron chi connectivity index (χ0n) is 9.77. The average Bonchev–Trinajstić information content (AvgIpc) is 2.82. The maximum Gasteiger partial charge on any atom is 0.0623 e. The number of rotatable bonds is 4. The molecule has 4 nitrogen and oxygen atoms in total. The summed E-state index contributed by atoms with van der Waals surface area (Å²) in [5.74, 6) is 5.61. The van der Waals surface area contributed by atoms with Crippen molar-refractivity contribution in [3.8, 4) is 0 Å². The molecule has 0 saturated carbocycles. The molecule has 0 amide bonds. The van der Waals surface area contributed by atoms with Gasteiger partial charge in [0, 0.05) is 24.0 Å². The fraction of sp³-hybridized carbons (Fsp3) is 0.364. The van der Waals surface area contributed by atoms with E-state index in [1.165, 1.54) is 0 Å². The van der Waals surface area contributed by atoms with Crippen molar-refractivity contribution in [1.29, 1.82) is 0 Å². The van der Waals surface area contributed by atoms with Gasteiger partial charge >= 0.3 is 0 Å². The Labute approximate surface area is 109 Å². The van der Waals surface area contributed by atoms with Crippen LogP contribution in [0.15, 0.2) is 17.5 Å². The molecule has 0 aromatic carbocycles. The molecule has 0 saturated heterocycles. The third-order valence-electron chi connectivity index (χ3n) is 2.67. The molecule has 0 bridgehead atoms. The molecule has 2 heterocycles. The predicted molar refractivity (Wildman–Crippen MR) is 71.0 cm³/mol. The van der Waals surface area contributed by atoms with Gasteiger partial charge < -0.3 is 0 Å². The van der Waals surface area contributed by atoms with Crippen LogP contribution in [0.25, 0.3) is 0 Å². The summed E-state index contributed by atoms with van der Waals surface area (Å²) >= 11 is 7.73. The SMILES string of the molecule is Cc1cc(CC(NN)c2sccc2Cl)n(C)n1. The van der Waals surface area contributed by atoms with Gasteiger partial charge in [0.1, 0.15) is 0 Å². The lowest BCUT2D eigenvalue weighted by Gasteiger charge is -2.14. The number of aryl methyl sites for hydroxylation is 2. The predicted octanol–water partition coefficient (Wildman–Crippen LogP) is 2.19. The zero-order chi connectivity index (χ0) is 12.4.